The molecule has 0 aliphatic carbocycles. The first-order valence-electron chi connectivity index (χ1n) is 4.16. The predicted octanol–water partition coefficient (Wildman–Crippen LogP) is 0.998. The third kappa shape index (κ3) is 2.59. The van der Waals surface area contributed by atoms with Crippen molar-refractivity contribution < 1.29 is 8.42 Å². The van der Waals surface area contributed by atoms with E-state index >= 15 is 0 Å². The van der Waals surface area contributed by atoms with E-state index in [9.17, 15) is 8.42 Å². The van der Waals surface area contributed by atoms with E-state index in [1.54, 1.807) is 6.20 Å². The molecule has 0 saturated carbocycles. The molecule has 2 aromatic rings. The molecule has 0 unspecified atom stereocenters. The number of halogens is 1. The maximum absolute atomic E-state index is 11.7. The topological polar surface area (TPSA) is 87.7 Å². The van der Waals surface area contributed by atoms with Crippen LogP contribution < -0.4 is 4.72 Å². The standard InChI is InChI=1S/C7H7ClN4O2S2/c8-7-10-3-6(15-7)16(13,14)12-2-5-1-9-4-11-5/h1,3-4,12H,2H2,(H,9,11). The molecule has 0 fully saturated rings. The smallest absolute Gasteiger partial charge is 0.252 e. The van der Waals surface area contributed by atoms with Gasteiger partial charge in [0.05, 0.1) is 19.1 Å². The largest absolute Gasteiger partial charge is 0.347 e. The zero-order valence-electron chi connectivity index (χ0n) is 7.84. The lowest BCUT2D eigenvalue weighted by Crippen LogP contribution is -2.22. The molecule has 0 aliphatic heterocycles. The number of aromatic amines is 1. The van der Waals surface area contributed by atoms with Crippen molar-refractivity contribution in [3.8, 4) is 0 Å². The lowest BCUT2D eigenvalue weighted by atomic mass is 10.5. The van der Waals surface area contributed by atoms with Gasteiger partial charge in [-0.2, -0.15) is 0 Å². The quantitative estimate of drug-likeness (QED) is 0.873. The van der Waals surface area contributed by atoms with Crippen molar-refractivity contribution in [2.45, 2.75) is 10.8 Å². The molecular weight excluding hydrogens is 272 g/mol. The minimum absolute atomic E-state index is 0.0945. The summed E-state index contributed by atoms with van der Waals surface area (Å²) in [5.41, 5.74) is 0.680. The highest BCUT2D eigenvalue weighted by Crippen LogP contribution is 2.22. The number of hydrogen-bond acceptors (Lipinski definition) is 5. The number of rotatable bonds is 4. The number of nitrogens with one attached hydrogen (secondary N) is 2. The number of hydrogen-bond donors (Lipinski definition) is 2. The molecule has 0 saturated heterocycles. The van der Waals surface area contributed by atoms with Crippen LogP contribution in [0.4, 0.5) is 0 Å². The first-order valence-corrected chi connectivity index (χ1v) is 6.84. The zero-order valence-corrected chi connectivity index (χ0v) is 10.2. The Morgan fingerprint density at radius 2 is 2.31 bits per heavy atom. The van der Waals surface area contributed by atoms with Crippen molar-refractivity contribution in [1.82, 2.24) is 19.7 Å². The number of H-pyrrole nitrogens is 1. The van der Waals surface area contributed by atoms with Gasteiger partial charge in [0.25, 0.3) is 10.0 Å². The fourth-order valence-electron chi connectivity index (χ4n) is 0.989. The average molecular weight is 279 g/mol. The molecule has 2 heterocycles. The molecule has 2 aromatic heterocycles. The molecule has 0 radical (unpaired) electrons. The summed E-state index contributed by atoms with van der Waals surface area (Å²) in [4.78, 5) is 10.2. The van der Waals surface area contributed by atoms with Crippen molar-refractivity contribution in [3.63, 3.8) is 0 Å². The number of thiazole rings is 1. The molecule has 0 amide bonds. The Labute approximate surface area is 101 Å². The van der Waals surface area contributed by atoms with Crippen molar-refractivity contribution >= 4 is 33.0 Å². The van der Waals surface area contributed by atoms with Crippen molar-refractivity contribution in [1.29, 1.82) is 0 Å². The minimum atomic E-state index is -3.54. The molecule has 0 aliphatic rings. The van der Waals surface area contributed by atoms with Gasteiger partial charge in [-0.3, -0.25) is 0 Å². The number of sulfonamides is 1. The summed E-state index contributed by atoms with van der Waals surface area (Å²) in [5.74, 6) is 0. The summed E-state index contributed by atoms with van der Waals surface area (Å²) in [6, 6.07) is 0. The molecule has 0 aromatic carbocycles. The second-order valence-corrected chi connectivity index (χ2v) is 6.44. The van der Waals surface area contributed by atoms with Gasteiger partial charge in [-0.25, -0.2) is 23.1 Å². The van der Waals surface area contributed by atoms with Gasteiger partial charge in [0.1, 0.15) is 0 Å². The van der Waals surface area contributed by atoms with E-state index in [0.29, 0.717) is 5.69 Å². The Morgan fingerprint density at radius 1 is 1.50 bits per heavy atom. The molecule has 86 valence electrons. The van der Waals surface area contributed by atoms with Crippen LogP contribution in [0.2, 0.25) is 4.47 Å². The van der Waals surface area contributed by atoms with Gasteiger partial charge in [-0.15, -0.1) is 0 Å². The van der Waals surface area contributed by atoms with E-state index in [1.807, 2.05) is 0 Å². The lowest BCUT2D eigenvalue weighted by Gasteiger charge is -2.01. The second-order valence-electron chi connectivity index (χ2n) is 2.83. The fraction of sp³-hybridized carbons (Fsp3) is 0.143. The van der Waals surface area contributed by atoms with E-state index in [1.165, 1.54) is 12.5 Å². The first kappa shape index (κ1) is 11.5. The predicted molar refractivity (Wildman–Crippen MR) is 59.7 cm³/mol. The second kappa shape index (κ2) is 4.50. The Morgan fingerprint density at radius 3 is 2.88 bits per heavy atom. The fourth-order valence-corrected chi connectivity index (χ4v) is 3.33. The van der Waals surface area contributed by atoms with Crippen molar-refractivity contribution in [3.05, 3.63) is 28.9 Å². The Balaban J connectivity index is 2.09. The van der Waals surface area contributed by atoms with Crippen molar-refractivity contribution in [2.75, 3.05) is 0 Å². The van der Waals surface area contributed by atoms with Crippen LogP contribution in [0.5, 0.6) is 0 Å². The zero-order chi connectivity index (χ0) is 11.6. The van der Waals surface area contributed by atoms with Gasteiger partial charge in [-0.05, 0) is 0 Å². The monoisotopic (exact) mass is 278 g/mol. The molecule has 9 heteroatoms. The number of nitrogens with zero attached hydrogens (tertiary/aromatic N) is 2. The van der Waals surface area contributed by atoms with Crippen LogP contribution in [0.1, 0.15) is 5.69 Å². The van der Waals surface area contributed by atoms with E-state index < -0.39 is 10.0 Å². The third-order valence-electron chi connectivity index (χ3n) is 1.73. The maximum atomic E-state index is 11.7. The summed E-state index contributed by atoms with van der Waals surface area (Å²) >= 11 is 6.48. The van der Waals surface area contributed by atoms with Gasteiger partial charge < -0.3 is 4.98 Å². The van der Waals surface area contributed by atoms with Gasteiger partial charge in [0, 0.05) is 11.9 Å². The van der Waals surface area contributed by atoms with Crippen LogP contribution in [0.25, 0.3) is 0 Å². The highest BCUT2D eigenvalue weighted by molar-refractivity contribution is 7.91. The van der Waals surface area contributed by atoms with E-state index in [2.05, 4.69) is 19.7 Å². The highest BCUT2D eigenvalue weighted by Gasteiger charge is 2.17. The van der Waals surface area contributed by atoms with Crippen LogP contribution in [-0.2, 0) is 16.6 Å². The Hall–Kier alpha value is -0.960. The van der Waals surface area contributed by atoms with Crippen LogP contribution in [0, 0.1) is 0 Å². The summed E-state index contributed by atoms with van der Waals surface area (Å²) < 4.78 is 26.1. The maximum Gasteiger partial charge on any atom is 0.252 e. The highest BCUT2D eigenvalue weighted by atomic mass is 35.5. The van der Waals surface area contributed by atoms with Gasteiger partial charge in [-0.1, -0.05) is 22.9 Å². The van der Waals surface area contributed by atoms with Gasteiger partial charge >= 0.3 is 0 Å². The van der Waals surface area contributed by atoms with Crippen LogP contribution in [-0.4, -0.2) is 23.4 Å². The Bertz CT molecular complexity index is 563. The summed E-state index contributed by atoms with van der Waals surface area (Å²) in [5, 5.41) is 0. The van der Waals surface area contributed by atoms with Crippen LogP contribution >= 0.6 is 22.9 Å². The number of imidazole rings is 1. The summed E-state index contributed by atoms with van der Waals surface area (Å²) in [7, 11) is -3.54. The first-order chi connectivity index (χ1) is 7.58. The molecule has 0 spiro atoms. The van der Waals surface area contributed by atoms with Crippen LogP contribution in [0.15, 0.2) is 22.9 Å². The Kier molecular flexibility index (Phi) is 3.24. The molecular formula is C7H7ClN4O2S2. The van der Waals surface area contributed by atoms with Gasteiger partial charge in [0.2, 0.25) is 0 Å². The molecule has 0 atom stereocenters. The SMILES string of the molecule is O=S(=O)(NCc1cnc[nH]1)c1cnc(Cl)s1. The van der Waals surface area contributed by atoms with Gasteiger partial charge in [0.15, 0.2) is 8.68 Å². The number of aromatic nitrogens is 3. The summed E-state index contributed by atoms with van der Waals surface area (Å²) in [6.45, 7) is 0.151. The molecule has 16 heavy (non-hydrogen) atoms. The van der Waals surface area contributed by atoms with E-state index in [0.717, 1.165) is 11.3 Å². The molecule has 0 bridgehead atoms. The minimum Gasteiger partial charge on any atom is -0.347 e. The molecule has 2 rings (SSSR count). The van der Waals surface area contributed by atoms with E-state index in [-0.39, 0.29) is 15.2 Å². The lowest BCUT2D eigenvalue weighted by molar-refractivity contribution is 0.582. The normalized spacial score (nSPS) is 11.8. The average Bonchev–Trinajstić information content (AvgIpc) is 2.85. The molecule has 6 nitrogen and oxygen atoms in total. The summed E-state index contributed by atoms with van der Waals surface area (Å²) in [6.07, 6.45) is 4.25. The molecule has 2 N–H and O–H groups in total. The van der Waals surface area contributed by atoms with Crippen LogP contribution in [0.3, 0.4) is 0 Å². The van der Waals surface area contributed by atoms with Crippen molar-refractivity contribution in [2.24, 2.45) is 0 Å². The third-order valence-corrected chi connectivity index (χ3v) is 4.71. The van der Waals surface area contributed by atoms with E-state index in [4.69, 9.17) is 11.6 Å².